The molecule has 9 nitrogen and oxygen atoms in total. The number of benzene rings is 2. The van der Waals surface area contributed by atoms with E-state index in [-0.39, 0.29) is 24.4 Å². The molecule has 5 rings (SSSR count). The quantitative estimate of drug-likeness (QED) is 0.321. The number of fused-ring (bicyclic) bond motifs is 2. The predicted octanol–water partition coefficient (Wildman–Crippen LogP) is 4.00. The predicted molar refractivity (Wildman–Crippen MR) is 137 cm³/mol. The monoisotopic (exact) mass is 483 g/mol. The molecule has 2 aromatic carbocycles. The molecular formula is C27H25N5O4. The highest BCUT2D eigenvalue weighted by Crippen LogP contribution is 2.27. The Morgan fingerprint density at radius 2 is 1.86 bits per heavy atom. The van der Waals surface area contributed by atoms with Crippen LogP contribution in [-0.2, 0) is 17.9 Å². The molecule has 0 radical (unpaired) electrons. The third-order valence-electron chi connectivity index (χ3n) is 5.83. The van der Waals surface area contributed by atoms with Gasteiger partial charge in [-0.2, -0.15) is 0 Å². The lowest BCUT2D eigenvalue weighted by Crippen LogP contribution is -2.34. The van der Waals surface area contributed by atoms with E-state index in [2.05, 4.69) is 20.3 Å². The third kappa shape index (κ3) is 4.38. The SMILES string of the molecule is CCOC(=O)c1c(NCc2cc3ccccc3[nH]2)c2c(C)ncnc2n(OCc2ccccc2)c1=O. The number of hydrogen-bond donors (Lipinski definition) is 2. The van der Waals surface area contributed by atoms with Crippen LogP contribution >= 0.6 is 0 Å². The Morgan fingerprint density at radius 1 is 1.08 bits per heavy atom. The van der Waals surface area contributed by atoms with Gasteiger partial charge in [0.15, 0.2) is 11.2 Å². The molecule has 36 heavy (non-hydrogen) atoms. The summed E-state index contributed by atoms with van der Waals surface area (Å²) in [7, 11) is 0. The van der Waals surface area contributed by atoms with Crippen molar-refractivity contribution in [3.63, 3.8) is 0 Å². The number of nitrogens with zero attached hydrogens (tertiary/aromatic N) is 3. The largest absolute Gasteiger partial charge is 0.462 e. The number of aryl methyl sites for hydroxylation is 1. The van der Waals surface area contributed by atoms with Gasteiger partial charge in [-0.3, -0.25) is 4.79 Å². The Bertz CT molecular complexity index is 1570. The Labute approximate surface area is 206 Å². The number of hydrogen-bond acceptors (Lipinski definition) is 7. The summed E-state index contributed by atoms with van der Waals surface area (Å²) in [5.74, 6) is -0.746. The van der Waals surface area contributed by atoms with Crippen LogP contribution in [-0.4, -0.2) is 32.3 Å². The van der Waals surface area contributed by atoms with Gasteiger partial charge in [-0.25, -0.2) is 14.8 Å². The zero-order chi connectivity index (χ0) is 25.1. The van der Waals surface area contributed by atoms with Crippen LogP contribution in [0.4, 0.5) is 5.69 Å². The number of aromatic amines is 1. The van der Waals surface area contributed by atoms with E-state index in [0.717, 1.165) is 26.9 Å². The highest BCUT2D eigenvalue weighted by atomic mass is 16.7. The second-order valence-electron chi connectivity index (χ2n) is 8.22. The Morgan fingerprint density at radius 3 is 2.64 bits per heavy atom. The van der Waals surface area contributed by atoms with Gasteiger partial charge in [0.2, 0.25) is 0 Å². The van der Waals surface area contributed by atoms with E-state index in [9.17, 15) is 9.59 Å². The van der Waals surface area contributed by atoms with Gasteiger partial charge in [0.25, 0.3) is 0 Å². The van der Waals surface area contributed by atoms with Crippen LogP contribution in [0, 0.1) is 6.92 Å². The molecule has 3 aromatic heterocycles. The number of ether oxygens (including phenoxy) is 1. The minimum Gasteiger partial charge on any atom is -0.462 e. The number of carbonyl (C=O) groups excluding carboxylic acids is 1. The molecule has 0 aliphatic rings. The molecule has 0 bridgehead atoms. The second-order valence-corrected chi connectivity index (χ2v) is 8.22. The van der Waals surface area contributed by atoms with Crippen molar-refractivity contribution in [3.05, 3.63) is 99.9 Å². The van der Waals surface area contributed by atoms with Crippen LogP contribution in [0.2, 0.25) is 0 Å². The van der Waals surface area contributed by atoms with E-state index >= 15 is 0 Å². The molecule has 9 heteroatoms. The normalized spacial score (nSPS) is 11.1. The molecule has 0 saturated carbocycles. The fourth-order valence-corrected chi connectivity index (χ4v) is 4.15. The highest BCUT2D eigenvalue weighted by Gasteiger charge is 2.26. The summed E-state index contributed by atoms with van der Waals surface area (Å²) >= 11 is 0. The Hall–Kier alpha value is -4.66. The first-order valence-corrected chi connectivity index (χ1v) is 11.6. The van der Waals surface area contributed by atoms with E-state index in [1.807, 2.05) is 60.7 Å². The number of esters is 1. The Balaban J connectivity index is 1.62. The summed E-state index contributed by atoms with van der Waals surface area (Å²) in [5.41, 5.74) is 3.08. The zero-order valence-corrected chi connectivity index (χ0v) is 19.9. The average molecular weight is 484 g/mol. The summed E-state index contributed by atoms with van der Waals surface area (Å²) in [5, 5.41) is 4.84. The fraction of sp³-hybridized carbons (Fsp3) is 0.185. The van der Waals surface area contributed by atoms with Crippen molar-refractivity contribution in [3.8, 4) is 0 Å². The Kier molecular flexibility index (Phi) is 6.36. The first-order valence-electron chi connectivity index (χ1n) is 11.6. The smallest absolute Gasteiger partial charge is 0.346 e. The summed E-state index contributed by atoms with van der Waals surface area (Å²) in [6.07, 6.45) is 1.37. The van der Waals surface area contributed by atoms with Crippen LogP contribution in [0.15, 0.2) is 71.8 Å². The number of anilines is 1. The molecule has 2 N–H and O–H groups in total. The molecule has 0 atom stereocenters. The molecule has 0 unspecified atom stereocenters. The maximum atomic E-state index is 13.6. The van der Waals surface area contributed by atoms with Crippen LogP contribution in [0.3, 0.4) is 0 Å². The zero-order valence-electron chi connectivity index (χ0n) is 19.9. The molecule has 0 aliphatic carbocycles. The highest BCUT2D eigenvalue weighted by molar-refractivity contribution is 6.05. The van der Waals surface area contributed by atoms with Crippen LogP contribution < -0.4 is 15.7 Å². The van der Waals surface area contributed by atoms with E-state index in [0.29, 0.717) is 23.3 Å². The van der Waals surface area contributed by atoms with Crippen molar-refractivity contribution < 1.29 is 14.4 Å². The van der Waals surface area contributed by atoms with Gasteiger partial charge in [-0.05, 0) is 36.9 Å². The number of pyridine rings is 1. The van der Waals surface area contributed by atoms with E-state index in [4.69, 9.17) is 9.57 Å². The lowest BCUT2D eigenvalue weighted by atomic mass is 10.1. The number of aromatic nitrogens is 4. The molecule has 5 aromatic rings. The molecule has 0 spiro atoms. The maximum Gasteiger partial charge on any atom is 0.346 e. The van der Waals surface area contributed by atoms with Gasteiger partial charge in [0, 0.05) is 11.2 Å². The average Bonchev–Trinajstić information content (AvgIpc) is 3.30. The minimum absolute atomic E-state index is 0.114. The summed E-state index contributed by atoms with van der Waals surface area (Å²) in [4.78, 5) is 44.6. The van der Waals surface area contributed by atoms with Crippen LogP contribution in [0.5, 0.6) is 0 Å². The number of rotatable bonds is 8. The van der Waals surface area contributed by atoms with Gasteiger partial charge in [-0.15, -0.1) is 4.73 Å². The summed E-state index contributed by atoms with van der Waals surface area (Å²) in [6.45, 7) is 4.04. The summed E-state index contributed by atoms with van der Waals surface area (Å²) in [6, 6.07) is 19.4. The molecule has 0 saturated heterocycles. The van der Waals surface area contributed by atoms with Crippen molar-refractivity contribution in [2.24, 2.45) is 0 Å². The van der Waals surface area contributed by atoms with Gasteiger partial charge >= 0.3 is 11.5 Å². The molecule has 0 aliphatic heterocycles. The first kappa shape index (κ1) is 23.1. The molecule has 0 amide bonds. The summed E-state index contributed by atoms with van der Waals surface area (Å²) < 4.78 is 6.31. The lowest BCUT2D eigenvalue weighted by molar-refractivity contribution is 0.0513. The maximum absolute atomic E-state index is 13.6. The lowest BCUT2D eigenvalue weighted by Gasteiger charge is -2.18. The standard InChI is InChI=1S/C27H25N5O4/c1-3-35-27(34)23-24(28-14-20-13-19-11-7-8-12-21(19)31-20)22-17(2)29-16-30-25(22)32(26(23)33)36-15-18-9-5-4-6-10-18/h4-13,16,28,31H,3,14-15H2,1-2H3. The molecule has 0 fully saturated rings. The topological polar surface area (TPSA) is 111 Å². The fourth-order valence-electron chi connectivity index (χ4n) is 4.15. The number of para-hydroxylation sites is 1. The van der Waals surface area contributed by atoms with Crippen molar-refractivity contribution in [2.75, 3.05) is 11.9 Å². The van der Waals surface area contributed by atoms with E-state index < -0.39 is 11.5 Å². The van der Waals surface area contributed by atoms with Crippen molar-refractivity contribution in [1.82, 2.24) is 19.7 Å². The van der Waals surface area contributed by atoms with Crippen molar-refractivity contribution in [1.29, 1.82) is 0 Å². The van der Waals surface area contributed by atoms with Gasteiger partial charge in [-0.1, -0.05) is 48.5 Å². The second kappa shape index (κ2) is 9.91. The van der Waals surface area contributed by atoms with Gasteiger partial charge in [0.1, 0.15) is 12.9 Å². The molecule has 182 valence electrons. The molecule has 3 heterocycles. The van der Waals surface area contributed by atoms with Gasteiger partial charge in [0.05, 0.1) is 29.9 Å². The first-order chi connectivity index (χ1) is 17.6. The molecular weight excluding hydrogens is 458 g/mol. The van der Waals surface area contributed by atoms with Gasteiger partial charge < -0.3 is 19.9 Å². The number of carbonyl (C=O) groups is 1. The van der Waals surface area contributed by atoms with Crippen molar-refractivity contribution in [2.45, 2.75) is 27.0 Å². The van der Waals surface area contributed by atoms with Crippen LogP contribution in [0.1, 0.15) is 34.2 Å². The third-order valence-corrected chi connectivity index (χ3v) is 5.83. The number of H-pyrrole nitrogens is 1. The van der Waals surface area contributed by atoms with Crippen LogP contribution in [0.25, 0.3) is 21.9 Å². The van der Waals surface area contributed by atoms with E-state index in [1.165, 1.54) is 6.33 Å². The minimum atomic E-state index is -0.746. The van der Waals surface area contributed by atoms with E-state index in [1.54, 1.807) is 13.8 Å². The van der Waals surface area contributed by atoms with Crippen molar-refractivity contribution >= 4 is 33.6 Å². The number of nitrogens with one attached hydrogen (secondary N) is 2.